The van der Waals surface area contributed by atoms with E-state index in [2.05, 4.69) is 0 Å². The minimum atomic E-state index is -0.390. The van der Waals surface area contributed by atoms with Crippen LogP contribution in [-0.2, 0) is 20.9 Å². The molecule has 0 aromatic heterocycles. The average molecular weight is 248 g/mol. The van der Waals surface area contributed by atoms with Gasteiger partial charge in [-0.15, -0.1) is 0 Å². The molecule has 1 aromatic carbocycles. The SMILES string of the molecule is CCOC(=O)C(OCc1ccccc1)C1CCC1. The maximum absolute atomic E-state index is 11.9. The van der Waals surface area contributed by atoms with E-state index in [1.165, 1.54) is 6.42 Å². The maximum atomic E-state index is 11.9. The van der Waals surface area contributed by atoms with E-state index in [9.17, 15) is 4.79 Å². The van der Waals surface area contributed by atoms with Gasteiger partial charge in [0, 0.05) is 0 Å². The quantitative estimate of drug-likeness (QED) is 0.726. The van der Waals surface area contributed by atoms with Crippen molar-refractivity contribution >= 4 is 5.97 Å². The molecule has 1 atom stereocenters. The van der Waals surface area contributed by atoms with Crippen LogP contribution in [0.5, 0.6) is 0 Å². The summed E-state index contributed by atoms with van der Waals surface area (Å²) in [6.45, 7) is 2.71. The van der Waals surface area contributed by atoms with Gasteiger partial charge in [-0.05, 0) is 31.2 Å². The molecule has 0 amide bonds. The highest BCUT2D eigenvalue weighted by atomic mass is 16.6. The fraction of sp³-hybridized carbons (Fsp3) is 0.533. The van der Waals surface area contributed by atoms with Gasteiger partial charge in [-0.25, -0.2) is 4.79 Å². The van der Waals surface area contributed by atoms with E-state index in [1.807, 2.05) is 37.3 Å². The third-order valence-electron chi connectivity index (χ3n) is 3.37. The molecule has 0 heterocycles. The molecule has 1 fully saturated rings. The molecule has 0 aliphatic heterocycles. The fourth-order valence-corrected chi connectivity index (χ4v) is 2.12. The normalized spacial score (nSPS) is 16.9. The van der Waals surface area contributed by atoms with E-state index < -0.39 is 0 Å². The summed E-state index contributed by atoms with van der Waals surface area (Å²) in [6.07, 6.45) is 2.94. The zero-order valence-corrected chi connectivity index (χ0v) is 10.8. The first-order valence-corrected chi connectivity index (χ1v) is 6.63. The standard InChI is InChI=1S/C15H20O3/c1-2-17-15(16)14(13-9-6-10-13)18-11-12-7-4-3-5-8-12/h3-5,7-8,13-14H,2,6,9-11H2,1H3. The minimum Gasteiger partial charge on any atom is -0.464 e. The van der Waals surface area contributed by atoms with Crippen LogP contribution in [0.3, 0.4) is 0 Å². The van der Waals surface area contributed by atoms with E-state index in [-0.39, 0.29) is 12.1 Å². The minimum absolute atomic E-state index is 0.210. The lowest BCUT2D eigenvalue weighted by atomic mass is 9.81. The number of hydrogen-bond acceptors (Lipinski definition) is 3. The molecule has 1 aliphatic rings. The van der Waals surface area contributed by atoms with Crippen molar-refractivity contribution in [3.8, 4) is 0 Å². The van der Waals surface area contributed by atoms with Crippen molar-refractivity contribution < 1.29 is 14.3 Å². The molecule has 3 nitrogen and oxygen atoms in total. The van der Waals surface area contributed by atoms with Crippen molar-refractivity contribution in [2.45, 2.75) is 38.9 Å². The molecule has 0 spiro atoms. The first kappa shape index (κ1) is 13.1. The van der Waals surface area contributed by atoms with Gasteiger partial charge in [0.1, 0.15) is 0 Å². The third-order valence-corrected chi connectivity index (χ3v) is 3.37. The van der Waals surface area contributed by atoms with Gasteiger partial charge < -0.3 is 9.47 Å². The molecular formula is C15H20O3. The molecule has 0 bridgehead atoms. The second-order valence-corrected chi connectivity index (χ2v) is 4.66. The van der Waals surface area contributed by atoms with Crippen LogP contribution in [0.25, 0.3) is 0 Å². The highest BCUT2D eigenvalue weighted by Gasteiger charge is 2.34. The molecule has 1 unspecified atom stereocenters. The average Bonchev–Trinajstić information content (AvgIpc) is 2.33. The molecule has 3 heteroatoms. The summed E-state index contributed by atoms with van der Waals surface area (Å²) in [4.78, 5) is 11.9. The molecule has 1 saturated carbocycles. The molecule has 1 aromatic rings. The predicted octanol–water partition coefficient (Wildman–Crippen LogP) is 2.94. The van der Waals surface area contributed by atoms with Gasteiger partial charge in [0.05, 0.1) is 13.2 Å². The lowest BCUT2D eigenvalue weighted by Gasteiger charge is -2.31. The highest BCUT2D eigenvalue weighted by molar-refractivity contribution is 5.75. The monoisotopic (exact) mass is 248 g/mol. The van der Waals surface area contributed by atoms with E-state index in [1.54, 1.807) is 0 Å². The van der Waals surface area contributed by atoms with Crippen molar-refractivity contribution in [2.24, 2.45) is 5.92 Å². The van der Waals surface area contributed by atoms with Gasteiger partial charge in [-0.3, -0.25) is 0 Å². The number of rotatable bonds is 6. The molecule has 1 aliphatic carbocycles. The van der Waals surface area contributed by atoms with Crippen LogP contribution >= 0.6 is 0 Å². The molecule has 0 saturated heterocycles. The maximum Gasteiger partial charge on any atom is 0.335 e. The summed E-state index contributed by atoms with van der Waals surface area (Å²) in [5, 5.41) is 0. The van der Waals surface area contributed by atoms with Crippen molar-refractivity contribution in [2.75, 3.05) is 6.61 Å². The summed E-state index contributed by atoms with van der Waals surface area (Å²) in [5.41, 5.74) is 1.09. The summed E-state index contributed by atoms with van der Waals surface area (Å²) in [6, 6.07) is 9.92. The molecule has 0 radical (unpaired) electrons. The smallest absolute Gasteiger partial charge is 0.335 e. The topological polar surface area (TPSA) is 35.5 Å². The van der Waals surface area contributed by atoms with Crippen LogP contribution in [-0.4, -0.2) is 18.7 Å². The van der Waals surface area contributed by atoms with Crippen molar-refractivity contribution in [1.29, 1.82) is 0 Å². The van der Waals surface area contributed by atoms with E-state index in [4.69, 9.17) is 9.47 Å². The Bertz CT molecular complexity index is 371. The number of esters is 1. The van der Waals surface area contributed by atoms with Gasteiger partial charge in [-0.1, -0.05) is 36.8 Å². The number of carbonyl (C=O) groups excluding carboxylic acids is 1. The van der Waals surface area contributed by atoms with Crippen molar-refractivity contribution in [3.05, 3.63) is 35.9 Å². The first-order valence-electron chi connectivity index (χ1n) is 6.63. The second-order valence-electron chi connectivity index (χ2n) is 4.66. The summed E-state index contributed by atoms with van der Waals surface area (Å²) >= 11 is 0. The van der Waals surface area contributed by atoms with Crippen LogP contribution in [0.15, 0.2) is 30.3 Å². The van der Waals surface area contributed by atoms with Crippen LogP contribution in [0.2, 0.25) is 0 Å². The van der Waals surface area contributed by atoms with E-state index in [0.717, 1.165) is 18.4 Å². The molecular weight excluding hydrogens is 228 g/mol. The Morgan fingerprint density at radius 2 is 2.06 bits per heavy atom. The molecule has 2 rings (SSSR count). The fourth-order valence-electron chi connectivity index (χ4n) is 2.12. The van der Waals surface area contributed by atoms with Crippen LogP contribution in [0, 0.1) is 5.92 Å². The Hall–Kier alpha value is -1.35. The molecule has 98 valence electrons. The highest BCUT2D eigenvalue weighted by Crippen LogP contribution is 2.32. The van der Waals surface area contributed by atoms with Gasteiger partial charge in [0.15, 0.2) is 6.10 Å². The van der Waals surface area contributed by atoms with Crippen molar-refractivity contribution in [1.82, 2.24) is 0 Å². The lowest BCUT2D eigenvalue weighted by Crippen LogP contribution is -2.37. The van der Waals surface area contributed by atoms with E-state index in [0.29, 0.717) is 19.1 Å². The second kappa shape index (κ2) is 6.55. The molecule has 0 N–H and O–H groups in total. The Labute approximate surface area is 108 Å². The zero-order chi connectivity index (χ0) is 12.8. The largest absolute Gasteiger partial charge is 0.464 e. The predicted molar refractivity (Wildman–Crippen MR) is 69.0 cm³/mol. The van der Waals surface area contributed by atoms with Crippen LogP contribution in [0.4, 0.5) is 0 Å². The molecule has 18 heavy (non-hydrogen) atoms. The van der Waals surface area contributed by atoms with Gasteiger partial charge in [0.25, 0.3) is 0 Å². The van der Waals surface area contributed by atoms with Crippen LogP contribution < -0.4 is 0 Å². The lowest BCUT2D eigenvalue weighted by molar-refractivity contribution is -0.164. The zero-order valence-electron chi connectivity index (χ0n) is 10.8. The Kier molecular flexibility index (Phi) is 4.76. The Morgan fingerprint density at radius 1 is 1.33 bits per heavy atom. The van der Waals surface area contributed by atoms with Gasteiger partial charge in [0.2, 0.25) is 0 Å². The summed E-state index contributed by atoms with van der Waals surface area (Å²) in [5.74, 6) is 0.130. The van der Waals surface area contributed by atoms with Gasteiger partial charge in [-0.2, -0.15) is 0 Å². The van der Waals surface area contributed by atoms with Gasteiger partial charge >= 0.3 is 5.97 Å². The third kappa shape index (κ3) is 3.33. The summed E-state index contributed by atoms with van der Waals surface area (Å²) in [7, 11) is 0. The Balaban J connectivity index is 1.90. The summed E-state index contributed by atoms with van der Waals surface area (Å²) < 4.78 is 10.9. The van der Waals surface area contributed by atoms with Crippen LogP contribution in [0.1, 0.15) is 31.7 Å². The van der Waals surface area contributed by atoms with Crippen molar-refractivity contribution in [3.63, 3.8) is 0 Å². The number of ether oxygens (including phenoxy) is 2. The number of hydrogen-bond donors (Lipinski definition) is 0. The number of carbonyl (C=O) groups is 1. The number of benzene rings is 1. The van der Waals surface area contributed by atoms with E-state index >= 15 is 0 Å². The first-order chi connectivity index (χ1) is 8.81. The Morgan fingerprint density at radius 3 is 2.61 bits per heavy atom.